The second kappa shape index (κ2) is 6.86. The zero-order chi connectivity index (χ0) is 14.5. The molecule has 0 bridgehead atoms. The van der Waals surface area contributed by atoms with E-state index in [-0.39, 0.29) is 0 Å². The number of halogens is 2. The van der Waals surface area contributed by atoms with Gasteiger partial charge >= 0.3 is 0 Å². The Kier molecular flexibility index (Phi) is 5.15. The van der Waals surface area contributed by atoms with Gasteiger partial charge in [0.15, 0.2) is 11.5 Å². The Bertz CT molecular complexity index is 604. The summed E-state index contributed by atoms with van der Waals surface area (Å²) in [6, 6.07) is 11.7. The molecule has 0 saturated carbocycles. The van der Waals surface area contributed by atoms with E-state index in [9.17, 15) is 0 Å². The molecule has 0 aliphatic heterocycles. The normalized spacial score (nSPS) is 10.2. The summed E-state index contributed by atoms with van der Waals surface area (Å²) in [6.45, 7) is 0.607. The number of benzene rings is 2. The summed E-state index contributed by atoms with van der Waals surface area (Å²) in [6.07, 6.45) is 0. The van der Waals surface area contributed by atoms with Gasteiger partial charge in [-0.2, -0.15) is 0 Å². The van der Waals surface area contributed by atoms with Gasteiger partial charge in [-0.05, 0) is 29.8 Å². The van der Waals surface area contributed by atoms with Gasteiger partial charge in [-0.15, -0.1) is 0 Å². The molecule has 0 aliphatic carbocycles. The molecule has 3 nitrogen and oxygen atoms in total. The van der Waals surface area contributed by atoms with Gasteiger partial charge in [0, 0.05) is 16.7 Å². The van der Waals surface area contributed by atoms with Crippen molar-refractivity contribution in [1.82, 2.24) is 0 Å². The smallest absolute Gasteiger partial charge is 0.179 e. The minimum Gasteiger partial charge on any atom is -0.493 e. The molecule has 0 radical (unpaired) electrons. The van der Waals surface area contributed by atoms with Crippen LogP contribution in [0.1, 0.15) is 5.56 Å². The second-order valence-electron chi connectivity index (χ2n) is 4.14. The Morgan fingerprint density at radius 1 is 1.15 bits per heavy atom. The highest BCUT2D eigenvalue weighted by Crippen LogP contribution is 2.37. The van der Waals surface area contributed by atoms with Crippen molar-refractivity contribution >= 4 is 33.2 Å². The predicted molar refractivity (Wildman–Crippen MR) is 86.0 cm³/mol. The van der Waals surface area contributed by atoms with Gasteiger partial charge in [-0.3, -0.25) is 0 Å². The lowest BCUT2D eigenvalue weighted by atomic mass is 10.2. The molecule has 2 aromatic carbocycles. The van der Waals surface area contributed by atoms with Crippen LogP contribution in [0.2, 0.25) is 5.02 Å². The van der Waals surface area contributed by atoms with Crippen molar-refractivity contribution in [3.8, 4) is 11.5 Å². The summed E-state index contributed by atoms with van der Waals surface area (Å²) in [5.74, 6) is 1.19. The summed E-state index contributed by atoms with van der Waals surface area (Å²) in [5.41, 5.74) is 1.97. The summed E-state index contributed by atoms with van der Waals surface area (Å²) in [7, 11) is 3.17. The second-order valence-corrected chi connectivity index (χ2v) is 5.43. The molecule has 106 valence electrons. The summed E-state index contributed by atoms with van der Waals surface area (Å²) < 4.78 is 11.5. The van der Waals surface area contributed by atoms with Gasteiger partial charge in [-0.25, -0.2) is 0 Å². The minimum absolute atomic E-state index is 0.558. The van der Waals surface area contributed by atoms with Crippen LogP contribution in [-0.4, -0.2) is 14.2 Å². The third-order valence-corrected chi connectivity index (χ3v) is 3.78. The molecule has 0 aliphatic rings. The lowest BCUT2D eigenvalue weighted by molar-refractivity contribution is 0.355. The van der Waals surface area contributed by atoms with Crippen molar-refractivity contribution in [2.24, 2.45) is 0 Å². The van der Waals surface area contributed by atoms with Crippen LogP contribution in [0.4, 0.5) is 5.69 Å². The van der Waals surface area contributed by atoms with Gasteiger partial charge in [-0.1, -0.05) is 39.7 Å². The van der Waals surface area contributed by atoms with E-state index >= 15 is 0 Å². The molecular weight excluding hydrogens is 342 g/mol. The maximum atomic E-state index is 6.34. The number of methoxy groups -OCH3 is 2. The first kappa shape index (κ1) is 15.0. The minimum atomic E-state index is 0.558. The van der Waals surface area contributed by atoms with Gasteiger partial charge in [0.25, 0.3) is 0 Å². The average molecular weight is 357 g/mol. The van der Waals surface area contributed by atoms with Crippen LogP contribution in [0, 0.1) is 0 Å². The van der Waals surface area contributed by atoms with E-state index in [0.717, 1.165) is 15.7 Å². The fraction of sp³-hybridized carbons (Fsp3) is 0.200. The van der Waals surface area contributed by atoms with Crippen LogP contribution < -0.4 is 14.8 Å². The van der Waals surface area contributed by atoms with Crippen molar-refractivity contribution in [2.75, 3.05) is 19.5 Å². The Hall–Kier alpha value is -1.39. The number of rotatable bonds is 5. The molecule has 0 heterocycles. The van der Waals surface area contributed by atoms with E-state index in [1.165, 1.54) is 0 Å². The number of nitrogens with one attached hydrogen (secondary N) is 1. The fourth-order valence-electron chi connectivity index (χ4n) is 1.86. The van der Waals surface area contributed by atoms with Crippen LogP contribution in [0.5, 0.6) is 11.5 Å². The van der Waals surface area contributed by atoms with Crippen molar-refractivity contribution in [2.45, 2.75) is 6.54 Å². The molecule has 0 saturated heterocycles. The molecule has 2 rings (SSSR count). The average Bonchev–Trinajstić information content (AvgIpc) is 2.45. The molecule has 0 unspecified atom stereocenters. The van der Waals surface area contributed by atoms with Crippen LogP contribution in [-0.2, 0) is 6.54 Å². The Balaban J connectivity index is 2.18. The number of ether oxygens (including phenoxy) is 2. The van der Waals surface area contributed by atoms with Crippen molar-refractivity contribution in [3.05, 3.63) is 51.5 Å². The number of hydrogen-bond donors (Lipinski definition) is 1. The van der Waals surface area contributed by atoms with Gasteiger partial charge in [0.2, 0.25) is 0 Å². The van der Waals surface area contributed by atoms with Crippen LogP contribution in [0.15, 0.2) is 40.9 Å². The van der Waals surface area contributed by atoms with Crippen LogP contribution in [0.25, 0.3) is 0 Å². The first-order valence-corrected chi connectivity index (χ1v) is 7.21. The van der Waals surface area contributed by atoms with E-state index in [1.807, 2.05) is 36.4 Å². The Morgan fingerprint density at radius 3 is 2.60 bits per heavy atom. The molecule has 20 heavy (non-hydrogen) atoms. The van der Waals surface area contributed by atoms with Crippen LogP contribution >= 0.6 is 27.5 Å². The first-order valence-electron chi connectivity index (χ1n) is 6.04. The highest BCUT2D eigenvalue weighted by atomic mass is 79.9. The van der Waals surface area contributed by atoms with E-state index in [1.54, 1.807) is 14.2 Å². The highest BCUT2D eigenvalue weighted by molar-refractivity contribution is 9.10. The molecule has 0 fully saturated rings. The Morgan fingerprint density at radius 2 is 1.95 bits per heavy atom. The number of hydrogen-bond acceptors (Lipinski definition) is 3. The van der Waals surface area contributed by atoms with Gasteiger partial charge in [0.1, 0.15) is 0 Å². The first-order chi connectivity index (χ1) is 9.65. The van der Waals surface area contributed by atoms with E-state index in [4.69, 9.17) is 21.1 Å². The standard InChI is InChI=1S/C15H15BrClNO2/c1-19-13-7-6-10(14(17)15(13)20-2)9-18-12-5-3-4-11(16)8-12/h3-8,18H,9H2,1-2H3. The lowest BCUT2D eigenvalue weighted by Crippen LogP contribution is -2.02. The molecular formula is C15H15BrClNO2. The van der Waals surface area contributed by atoms with Crippen LogP contribution in [0.3, 0.4) is 0 Å². The third kappa shape index (κ3) is 3.38. The van der Waals surface area contributed by atoms with Crippen molar-refractivity contribution < 1.29 is 9.47 Å². The summed E-state index contributed by atoms with van der Waals surface area (Å²) >= 11 is 9.78. The maximum absolute atomic E-state index is 6.34. The summed E-state index contributed by atoms with van der Waals surface area (Å²) in [5, 5.41) is 3.88. The van der Waals surface area contributed by atoms with Gasteiger partial charge in [0.05, 0.1) is 19.2 Å². The molecule has 0 spiro atoms. The number of anilines is 1. The van der Waals surface area contributed by atoms with E-state index in [0.29, 0.717) is 23.1 Å². The molecule has 0 amide bonds. The fourth-order valence-corrected chi connectivity index (χ4v) is 2.56. The maximum Gasteiger partial charge on any atom is 0.179 e. The molecule has 5 heteroatoms. The molecule has 2 aromatic rings. The summed E-state index contributed by atoms with van der Waals surface area (Å²) in [4.78, 5) is 0. The molecule has 1 N–H and O–H groups in total. The van der Waals surface area contributed by atoms with E-state index < -0.39 is 0 Å². The highest BCUT2D eigenvalue weighted by Gasteiger charge is 2.12. The lowest BCUT2D eigenvalue weighted by Gasteiger charge is -2.14. The zero-order valence-corrected chi connectivity index (χ0v) is 13.6. The van der Waals surface area contributed by atoms with Gasteiger partial charge < -0.3 is 14.8 Å². The SMILES string of the molecule is COc1ccc(CNc2cccc(Br)c2)c(Cl)c1OC. The Labute approximate surface area is 132 Å². The monoisotopic (exact) mass is 355 g/mol. The van der Waals surface area contributed by atoms with Crippen molar-refractivity contribution in [3.63, 3.8) is 0 Å². The predicted octanol–water partition coefficient (Wildman–Crippen LogP) is 4.73. The molecule has 0 aromatic heterocycles. The topological polar surface area (TPSA) is 30.5 Å². The zero-order valence-electron chi connectivity index (χ0n) is 11.2. The molecule has 0 atom stereocenters. The van der Waals surface area contributed by atoms with Crippen molar-refractivity contribution in [1.29, 1.82) is 0 Å². The largest absolute Gasteiger partial charge is 0.493 e. The van der Waals surface area contributed by atoms with E-state index in [2.05, 4.69) is 21.2 Å². The third-order valence-electron chi connectivity index (χ3n) is 2.87. The quantitative estimate of drug-likeness (QED) is 0.840.